The van der Waals surface area contributed by atoms with Crippen molar-refractivity contribution in [1.82, 2.24) is 15.6 Å². The van der Waals surface area contributed by atoms with Crippen LogP contribution in [-0.2, 0) is 33.6 Å². The minimum atomic E-state index is -1.82. The molecule has 3 rings (SSSR count). The molecule has 9 heteroatoms. The van der Waals surface area contributed by atoms with Crippen molar-refractivity contribution in [3.05, 3.63) is 65.4 Å². The second kappa shape index (κ2) is 12.9. The van der Waals surface area contributed by atoms with E-state index in [-0.39, 0.29) is 5.91 Å². The molecule has 0 spiro atoms. The van der Waals surface area contributed by atoms with E-state index in [4.69, 9.17) is 24.5 Å². The second-order valence-electron chi connectivity index (χ2n) is 7.28. The van der Waals surface area contributed by atoms with Crippen LogP contribution in [0.1, 0.15) is 16.7 Å². The molecule has 2 aromatic carbocycles. The molecule has 0 aliphatic carbocycles. The first-order chi connectivity index (χ1) is 15.8. The van der Waals surface area contributed by atoms with Gasteiger partial charge in [-0.25, -0.2) is 9.59 Å². The molecule has 1 aromatic heterocycles. The van der Waals surface area contributed by atoms with Crippen LogP contribution in [0.2, 0.25) is 0 Å². The summed E-state index contributed by atoms with van der Waals surface area (Å²) in [5.41, 5.74) is 4.70. The number of aromatic nitrogens is 1. The smallest absolute Gasteiger partial charge is 0.414 e. The first kappa shape index (κ1) is 25.4. The molecule has 0 bridgehead atoms. The molecule has 0 saturated heterocycles. The van der Waals surface area contributed by atoms with Crippen LogP contribution in [0.15, 0.2) is 48.7 Å². The van der Waals surface area contributed by atoms with Gasteiger partial charge in [0, 0.05) is 23.6 Å². The van der Waals surface area contributed by atoms with E-state index in [2.05, 4.69) is 40.0 Å². The molecule has 176 valence electrons. The summed E-state index contributed by atoms with van der Waals surface area (Å²) in [5.74, 6) is -2.81. The van der Waals surface area contributed by atoms with Crippen LogP contribution >= 0.6 is 0 Å². The average Bonchev–Trinajstić information content (AvgIpc) is 3.20. The van der Waals surface area contributed by atoms with Crippen LogP contribution in [0, 0.1) is 0 Å². The summed E-state index contributed by atoms with van der Waals surface area (Å²) in [6, 6.07) is 14.1. The number of H-pyrrole nitrogens is 1. The van der Waals surface area contributed by atoms with Crippen LogP contribution in [0.25, 0.3) is 10.9 Å². The first-order valence-electron chi connectivity index (χ1n) is 10.4. The monoisotopic (exact) mass is 455 g/mol. The summed E-state index contributed by atoms with van der Waals surface area (Å²) in [7, 11) is 3.60. The Kier molecular flexibility index (Phi) is 9.91. The molecule has 0 atom stereocenters. The standard InChI is InChI=1S/C22H27N3O2.C2H2O4/c1-23-11-10-18-15-25-21-8-5-17(13-20(18)21)9-12-24-22(26)14-16-3-6-19(27-2)7-4-16;3-1(4)2(5)6/h3-8,13,15,23,25H,9-12,14H2,1-2H3,(H,24,26);(H,3,4)(H,5,6). The minimum absolute atomic E-state index is 0.0394. The number of carboxylic acid groups (broad SMARTS) is 2. The number of carbonyl (C=O) groups excluding carboxylic acids is 1. The van der Waals surface area contributed by atoms with Crippen molar-refractivity contribution in [2.75, 3.05) is 27.2 Å². The second-order valence-corrected chi connectivity index (χ2v) is 7.28. The number of rotatable bonds is 9. The number of carbonyl (C=O) groups is 3. The van der Waals surface area contributed by atoms with Crippen molar-refractivity contribution in [3.8, 4) is 5.75 Å². The van der Waals surface area contributed by atoms with E-state index in [0.717, 1.165) is 36.2 Å². The number of methoxy groups -OCH3 is 1. The van der Waals surface area contributed by atoms with Gasteiger partial charge in [-0.3, -0.25) is 4.79 Å². The average molecular weight is 456 g/mol. The molecule has 9 nitrogen and oxygen atoms in total. The number of nitrogens with one attached hydrogen (secondary N) is 3. The van der Waals surface area contributed by atoms with Gasteiger partial charge in [0.1, 0.15) is 5.75 Å². The van der Waals surface area contributed by atoms with Crippen LogP contribution in [-0.4, -0.2) is 60.3 Å². The molecule has 33 heavy (non-hydrogen) atoms. The number of aromatic amines is 1. The number of benzene rings is 2. The topological polar surface area (TPSA) is 141 Å². The maximum Gasteiger partial charge on any atom is 0.414 e. The fourth-order valence-electron chi connectivity index (χ4n) is 3.19. The van der Waals surface area contributed by atoms with Gasteiger partial charge >= 0.3 is 11.9 Å². The molecule has 1 heterocycles. The highest BCUT2D eigenvalue weighted by atomic mass is 16.5. The Morgan fingerprint density at radius 2 is 1.61 bits per heavy atom. The Morgan fingerprint density at radius 3 is 2.21 bits per heavy atom. The van der Waals surface area contributed by atoms with Crippen molar-refractivity contribution in [1.29, 1.82) is 0 Å². The number of amides is 1. The van der Waals surface area contributed by atoms with Gasteiger partial charge in [0.15, 0.2) is 0 Å². The zero-order valence-corrected chi connectivity index (χ0v) is 18.7. The van der Waals surface area contributed by atoms with Crippen LogP contribution < -0.4 is 15.4 Å². The molecule has 1 amide bonds. The third-order valence-corrected chi connectivity index (χ3v) is 4.92. The lowest BCUT2D eigenvalue weighted by Gasteiger charge is -2.07. The third-order valence-electron chi connectivity index (χ3n) is 4.92. The summed E-state index contributed by atoms with van der Waals surface area (Å²) in [5, 5.41) is 22.3. The summed E-state index contributed by atoms with van der Waals surface area (Å²) in [6.45, 7) is 1.59. The number of ether oxygens (including phenoxy) is 1. The zero-order valence-electron chi connectivity index (χ0n) is 18.7. The predicted molar refractivity (Wildman–Crippen MR) is 125 cm³/mol. The predicted octanol–water partition coefficient (Wildman–Crippen LogP) is 2.00. The molecule has 0 saturated carbocycles. The van der Waals surface area contributed by atoms with E-state index < -0.39 is 11.9 Å². The number of hydrogen-bond donors (Lipinski definition) is 5. The summed E-state index contributed by atoms with van der Waals surface area (Å²) in [6.07, 6.45) is 4.29. The molecule has 0 aliphatic heterocycles. The van der Waals surface area contributed by atoms with E-state index in [1.165, 1.54) is 16.5 Å². The van der Waals surface area contributed by atoms with Crippen LogP contribution in [0.4, 0.5) is 0 Å². The van der Waals surface area contributed by atoms with Gasteiger partial charge in [0.05, 0.1) is 13.5 Å². The van der Waals surface area contributed by atoms with E-state index in [1.54, 1.807) is 7.11 Å². The SMILES string of the molecule is CNCCc1c[nH]c2ccc(CCNC(=O)Cc3ccc(OC)cc3)cc12.O=C(O)C(=O)O. The summed E-state index contributed by atoms with van der Waals surface area (Å²) >= 11 is 0. The minimum Gasteiger partial charge on any atom is -0.497 e. The lowest BCUT2D eigenvalue weighted by molar-refractivity contribution is -0.159. The number of hydrogen-bond acceptors (Lipinski definition) is 5. The molecule has 0 radical (unpaired) electrons. The highest BCUT2D eigenvalue weighted by Crippen LogP contribution is 2.20. The highest BCUT2D eigenvalue weighted by molar-refractivity contribution is 6.27. The number of carboxylic acids is 2. The Hall–Kier alpha value is -3.85. The maximum absolute atomic E-state index is 12.1. The normalized spacial score (nSPS) is 10.2. The number of fused-ring (bicyclic) bond motifs is 1. The quantitative estimate of drug-likeness (QED) is 0.311. The Bertz CT molecular complexity index is 1060. The van der Waals surface area contributed by atoms with E-state index in [1.807, 2.05) is 31.3 Å². The third kappa shape index (κ3) is 8.30. The Morgan fingerprint density at radius 1 is 0.939 bits per heavy atom. The van der Waals surface area contributed by atoms with Crippen LogP contribution in [0.5, 0.6) is 5.75 Å². The van der Waals surface area contributed by atoms with Gasteiger partial charge in [-0.05, 0) is 67.4 Å². The highest BCUT2D eigenvalue weighted by Gasteiger charge is 2.07. The van der Waals surface area contributed by atoms with Gasteiger partial charge in [-0.15, -0.1) is 0 Å². The molecule has 0 unspecified atom stereocenters. The van der Waals surface area contributed by atoms with Crippen molar-refractivity contribution in [3.63, 3.8) is 0 Å². The van der Waals surface area contributed by atoms with Gasteiger partial charge in [0.2, 0.25) is 5.91 Å². The number of aliphatic carboxylic acids is 2. The first-order valence-corrected chi connectivity index (χ1v) is 10.4. The van der Waals surface area contributed by atoms with E-state index in [9.17, 15) is 4.79 Å². The number of likely N-dealkylation sites (N-methyl/N-ethyl adjacent to an activating group) is 1. The molecule has 3 aromatic rings. The summed E-state index contributed by atoms with van der Waals surface area (Å²) < 4.78 is 5.14. The molecule has 0 aliphatic rings. The van der Waals surface area contributed by atoms with E-state index >= 15 is 0 Å². The lowest BCUT2D eigenvalue weighted by atomic mass is 10.1. The fraction of sp³-hybridized carbons (Fsp3) is 0.292. The van der Waals surface area contributed by atoms with Crippen molar-refractivity contribution < 1.29 is 29.3 Å². The fourth-order valence-corrected chi connectivity index (χ4v) is 3.19. The Labute approximate surface area is 191 Å². The lowest BCUT2D eigenvalue weighted by Crippen LogP contribution is -2.27. The van der Waals surface area contributed by atoms with Crippen molar-refractivity contribution >= 4 is 28.7 Å². The van der Waals surface area contributed by atoms with Crippen LogP contribution in [0.3, 0.4) is 0 Å². The molecule has 5 N–H and O–H groups in total. The maximum atomic E-state index is 12.1. The van der Waals surface area contributed by atoms with Gasteiger partial charge in [-0.2, -0.15) is 0 Å². The molecule has 0 fully saturated rings. The summed E-state index contributed by atoms with van der Waals surface area (Å²) in [4.78, 5) is 33.7. The van der Waals surface area contributed by atoms with Gasteiger partial charge < -0.3 is 30.6 Å². The van der Waals surface area contributed by atoms with Gasteiger partial charge in [-0.1, -0.05) is 18.2 Å². The van der Waals surface area contributed by atoms with E-state index in [0.29, 0.717) is 13.0 Å². The van der Waals surface area contributed by atoms with Crippen molar-refractivity contribution in [2.45, 2.75) is 19.3 Å². The Balaban J connectivity index is 0.000000569. The largest absolute Gasteiger partial charge is 0.497 e. The zero-order chi connectivity index (χ0) is 24.2. The van der Waals surface area contributed by atoms with Gasteiger partial charge in [0.25, 0.3) is 0 Å². The molecular formula is C24H29N3O6. The molecular weight excluding hydrogens is 426 g/mol. The van der Waals surface area contributed by atoms with Crippen molar-refractivity contribution in [2.24, 2.45) is 0 Å².